The Morgan fingerprint density at radius 1 is 1.37 bits per heavy atom. The van der Waals surface area contributed by atoms with Crippen molar-refractivity contribution in [3.05, 3.63) is 40.4 Å². The number of aryl methyl sites for hydroxylation is 1. The van der Waals surface area contributed by atoms with E-state index in [1.807, 2.05) is 11.3 Å². The molecule has 0 amide bonds. The molecule has 0 spiro atoms. The van der Waals surface area contributed by atoms with E-state index in [0.717, 1.165) is 5.01 Å². The summed E-state index contributed by atoms with van der Waals surface area (Å²) in [6.07, 6.45) is 3.71. The molecule has 0 bridgehead atoms. The van der Waals surface area contributed by atoms with Crippen LogP contribution in [0.4, 0.5) is 0 Å². The van der Waals surface area contributed by atoms with Gasteiger partial charge < -0.3 is 5.73 Å². The zero-order chi connectivity index (χ0) is 13.5. The van der Waals surface area contributed by atoms with E-state index in [2.05, 4.69) is 38.1 Å². The van der Waals surface area contributed by atoms with Gasteiger partial charge in [-0.25, -0.2) is 4.98 Å². The Kier molecular flexibility index (Phi) is 3.19. The summed E-state index contributed by atoms with van der Waals surface area (Å²) in [6.45, 7) is 5.21. The van der Waals surface area contributed by atoms with Crippen molar-refractivity contribution in [1.29, 1.82) is 0 Å². The number of nitrogens with zero attached hydrogens (tertiary/aromatic N) is 1. The van der Waals surface area contributed by atoms with Gasteiger partial charge in [-0.2, -0.15) is 0 Å². The van der Waals surface area contributed by atoms with Crippen LogP contribution in [0.15, 0.2) is 24.3 Å². The van der Waals surface area contributed by atoms with Gasteiger partial charge >= 0.3 is 0 Å². The molecular formula is C16H20N2S. The molecule has 2 N–H and O–H groups in total. The maximum atomic E-state index is 5.72. The minimum atomic E-state index is 0.230. The summed E-state index contributed by atoms with van der Waals surface area (Å²) in [5.41, 5.74) is 9.64. The lowest BCUT2D eigenvalue weighted by atomic mass is 9.79. The van der Waals surface area contributed by atoms with Crippen molar-refractivity contribution in [2.24, 2.45) is 5.73 Å². The summed E-state index contributed by atoms with van der Waals surface area (Å²) >= 11 is 1.86. The number of benzene rings is 1. The third-order valence-corrected chi connectivity index (χ3v) is 5.12. The normalized spacial score (nSPS) is 17.2. The first-order valence-corrected chi connectivity index (χ1v) is 7.71. The zero-order valence-electron chi connectivity index (χ0n) is 11.6. The monoisotopic (exact) mass is 272 g/mol. The SMILES string of the molecule is CC1(C)CCCc2sc(-c3cccc(CN)c3)nc21. The second-order valence-electron chi connectivity index (χ2n) is 5.93. The first kappa shape index (κ1) is 12.8. The molecule has 0 atom stereocenters. The topological polar surface area (TPSA) is 38.9 Å². The van der Waals surface area contributed by atoms with Crippen molar-refractivity contribution >= 4 is 11.3 Å². The first-order chi connectivity index (χ1) is 9.10. The largest absolute Gasteiger partial charge is 0.326 e. The molecule has 3 rings (SSSR count). The Balaban J connectivity index is 2.05. The fourth-order valence-electron chi connectivity index (χ4n) is 2.81. The Morgan fingerprint density at radius 3 is 2.95 bits per heavy atom. The maximum Gasteiger partial charge on any atom is 0.123 e. The second kappa shape index (κ2) is 4.73. The van der Waals surface area contributed by atoms with E-state index in [9.17, 15) is 0 Å². The standard InChI is InChI=1S/C16H20N2S/c1-16(2)8-4-7-13-14(16)18-15(19-13)12-6-3-5-11(9-12)10-17/h3,5-6,9H,4,7-8,10,17H2,1-2H3. The number of thiazole rings is 1. The number of aromatic nitrogens is 1. The van der Waals surface area contributed by atoms with Crippen LogP contribution in [-0.4, -0.2) is 4.98 Å². The highest BCUT2D eigenvalue weighted by Gasteiger charge is 2.31. The van der Waals surface area contributed by atoms with Gasteiger partial charge in [-0.1, -0.05) is 32.0 Å². The summed E-state index contributed by atoms with van der Waals surface area (Å²) in [4.78, 5) is 6.40. The fourth-order valence-corrected chi connectivity index (χ4v) is 4.09. The highest BCUT2D eigenvalue weighted by molar-refractivity contribution is 7.15. The average molecular weight is 272 g/mol. The number of hydrogen-bond donors (Lipinski definition) is 1. The fraction of sp³-hybridized carbons (Fsp3) is 0.438. The highest BCUT2D eigenvalue weighted by atomic mass is 32.1. The molecular weight excluding hydrogens is 252 g/mol. The molecule has 3 heteroatoms. The van der Waals surface area contributed by atoms with E-state index < -0.39 is 0 Å². The van der Waals surface area contributed by atoms with Gasteiger partial charge in [-0.3, -0.25) is 0 Å². The second-order valence-corrected chi connectivity index (χ2v) is 7.02. The van der Waals surface area contributed by atoms with Crippen molar-refractivity contribution < 1.29 is 0 Å². The molecule has 0 saturated carbocycles. The van der Waals surface area contributed by atoms with E-state index in [0.29, 0.717) is 6.54 Å². The molecule has 2 aromatic rings. The van der Waals surface area contributed by atoms with Crippen LogP contribution in [0.2, 0.25) is 0 Å². The summed E-state index contributed by atoms with van der Waals surface area (Å²) in [5.74, 6) is 0. The van der Waals surface area contributed by atoms with Crippen LogP contribution in [0.25, 0.3) is 10.6 Å². The molecule has 0 aliphatic heterocycles. The minimum absolute atomic E-state index is 0.230. The van der Waals surface area contributed by atoms with Crippen molar-refractivity contribution in [3.8, 4) is 10.6 Å². The van der Waals surface area contributed by atoms with E-state index >= 15 is 0 Å². The summed E-state index contributed by atoms with van der Waals surface area (Å²) < 4.78 is 0. The maximum absolute atomic E-state index is 5.72. The molecule has 1 heterocycles. The summed E-state index contributed by atoms with van der Waals surface area (Å²) in [7, 11) is 0. The minimum Gasteiger partial charge on any atom is -0.326 e. The molecule has 100 valence electrons. The van der Waals surface area contributed by atoms with Gasteiger partial charge in [0.1, 0.15) is 5.01 Å². The van der Waals surface area contributed by atoms with Crippen molar-refractivity contribution in [2.75, 3.05) is 0 Å². The van der Waals surface area contributed by atoms with Crippen LogP contribution < -0.4 is 5.73 Å². The van der Waals surface area contributed by atoms with Gasteiger partial charge in [0.25, 0.3) is 0 Å². The molecule has 1 aromatic heterocycles. The lowest BCUT2D eigenvalue weighted by Gasteiger charge is -2.28. The van der Waals surface area contributed by atoms with E-state index in [4.69, 9.17) is 10.7 Å². The Morgan fingerprint density at radius 2 is 2.21 bits per heavy atom. The predicted octanol–water partition coefficient (Wildman–Crippen LogP) is 3.88. The van der Waals surface area contributed by atoms with Crippen molar-refractivity contribution in [2.45, 2.75) is 45.1 Å². The van der Waals surface area contributed by atoms with E-state index in [1.165, 1.54) is 41.0 Å². The summed E-state index contributed by atoms with van der Waals surface area (Å²) in [6, 6.07) is 8.44. The molecule has 0 unspecified atom stereocenters. The number of fused-ring (bicyclic) bond motifs is 1. The van der Waals surface area contributed by atoms with Crippen molar-refractivity contribution in [3.63, 3.8) is 0 Å². The van der Waals surface area contributed by atoms with Gasteiger partial charge in [-0.05, 0) is 30.9 Å². The molecule has 19 heavy (non-hydrogen) atoms. The molecule has 0 fully saturated rings. The molecule has 1 aliphatic carbocycles. The van der Waals surface area contributed by atoms with Gasteiger partial charge in [0.2, 0.25) is 0 Å². The Bertz CT molecular complexity index is 599. The molecule has 0 radical (unpaired) electrons. The molecule has 1 aliphatic rings. The van der Waals surface area contributed by atoms with Gasteiger partial charge in [0.15, 0.2) is 0 Å². The van der Waals surface area contributed by atoms with Crippen LogP contribution in [0.1, 0.15) is 42.8 Å². The van der Waals surface area contributed by atoms with Crippen LogP contribution >= 0.6 is 11.3 Å². The number of hydrogen-bond acceptors (Lipinski definition) is 3. The van der Waals surface area contributed by atoms with E-state index in [-0.39, 0.29) is 5.41 Å². The van der Waals surface area contributed by atoms with Crippen LogP contribution in [0, 0.1) is 0 Å². The quantitative estimate of drug-likeness (QED) is 0.901. The average Bonchev–Trinajstić information content (AvgIpc) is 2.84. The zero-order valence-corrected chi connectivity index (χ0v) is 12.4. The van der Waals surface area contributed by atoms with Crippen molar-refractivity contribution in [1.82, 2.24) is 4.98 Å². The third kappa shape index (κ3) is 2.33. The smallest absolute Gasteiger partial charge is 0.123 e. The number of nitrogens with two attached hydrogens (primary N) is 1. The van der Waals surface area contributed by atoms with Crippen LogP contribution in [-0.2, 0) is 18.4 Å². The van der Waals surface area contributed by atoms with Crippen LogP contribution in [0.5, 0.6) is 0 Å². The molecule has 1 aromatic carbocycles. The van der Waals surface area contributed by atoms with Gasteiger partial charge in [0.05, 0.1) is 5.69 Å². The Labute approximate surface area is 118 Å². The Hall–Kier alpha value is -1.19. The third-order valence-electron chi connectivity index (χ3n) is 3.95. The molecule has 2 nitrogen and oxygen atoms in total. The van der Waals surface area contributed by atoms with E-state index in [1.54, 1.807) is 0 Å². The van der Waals surface area contributed by atoms with Gasteiger partial charge in [-0.15, -0.1) is 11.3 Å². The highest BCUT2D eigenvalue weighted by Crippen LogP contribution is 2.41. The van der Waals surface area contributed by atoms with Gasteiger partial charge in [0, 0.05) is 22.4 Å². The lowest BCUT2D eigenvalue weighted by Crippen LogP contribution is -2.23. The first-order valence-electron chi connectivity index (χ1n) is 6.90. The number of rotatable bonds is 2. The van der Waals surface area contributed by atoms with Crippen LogP contribution in [0.3, 0.4) is 0 Å². The molecule has 0 saturated heterocycles. The lowest BCUT2D eigenvalue weighted by molar-refractivity contribution is 0.424. The predicted molar refractivity (Wildman–Crippen MR) is 81.4 cm³/mol. The summed E-state index contributed by atoms with van der Waals surface area (Å²) in [5, 5.41) is 1.15.